The van der Waals surface area contributed by atoms with Gasteiger partial charge in [-0.3, -0.25) is 20.4 Å². The number of carbonyl (C=O) groups excluding carboxylic acids is 3. The summed E-state index contributed by atoms with van der Waals surface area (Å²) in [5, 5.41) is 10.2. The van der Waals surface area contributed by atoms with Crippen molar-refractivity contribution in [2.24, 2.45) is 0 Å². The van der Waals surface area contributed by atoms with Crippen molar-refractivity contribution in [2.75, 3.05) is 0 Å². The van der Waals surface area contributed by atoms with Crippen molar-refractivity contribution in [1.29, 1.82) is 0 Å². The highest BCUT2D eigenvalue weighted by molar-refractivity contribution is 5.96. The molecular formula is C17H15N2O4-. The third-order valence-corrected chi connectivity index (χ3v) is 3.13. The van der Waals surface area contributed by atoms with E-state index in [4.69, 9.17) is 0 Å². The topological polar surface area (TPSA) is 98.3 Å². The number of benzene rings is 2. The van der Waals surface area contributed by atoms with Crippen LogP contribution in [0.5, 0.6) is 0 Å². The molecule has 0 spiro atoms. The number of rotatable bonds is 5. The Labute approximate surface area is 133 Å². The fraction of sp³-hybridized carbons (Fsp3) is 0.118. The molecule has 2 rings (SSSR count). The summed E-state index contributed by atoms with van der Waals surface area (Å²) in [4.78, 5) is 33.4. The first-order chi connectivity index (χ1) is 11.1. The molecular weight excluding hydrogens is 296 g/mol. The third-order valence-electron chi connectivity index (χ3n) is 3.13. The number of carbonyl (C=O) groups is 3. The molecule has 2 aromatic rings. The van der Waals surface area contributed by atoms with Gasteiger partial charge in [-0.1, -0.05) is 42.5 Å². The molecule has 0 aromatic heterocycles. The summed E-state index contributed by atoms with van der Waals surface area (Å²) >= 11 is 0. The Bertz CT molecular complexity index is 696. The molecule has 2 aromatic carbocycles. The van der Waals surface area contributed by atoms with Crippen LogP contribution < -0.4 is 16.0 Å². The molecule has 6 heteroatoms. The minimum absolute atomic E-state index is 0.254. The van der Waals surface area contributed by atoms with E-state index in [0.29, 0.717) is 5.56 Å². The number of carboxylic acid groups (broad SMARTS) is 1. The number of hydrogen-bond donors (Lipinski definition) is 2. The summed E-state index contributed by atoms with van der Waals surface area (Å²) in [5.74, 6) is -2.39. The highest BCUT2D eigenvalue weighted by Gasteiger charge is 2.07. The van der Waals surface area contributed by atoms with Crippen LogP contribution >= 0.6 is 0 Å². The van der Waals surface area contributed by atoms with E-state index in [1.165, 1.54) is 0 Å². The maximum atomic E-state index is 11.9. The molecule has 23 heavy (non-hydrogen) atoms. The molecule has 0 radical (unpaired) electrons. The molecule has 0 heterocycles. The predicted octanol–water partition coefficient (Wildman–Crippen LogP) is 0.645. The Balaban J connectivity index is 1.90. The average Bonchev–Trinajstić information content (AvgIpc) is 2.58. The number of nitrogens with one attached hydrogen (secondary N) is 2. The molecule has 6 nitrogen and oxygen atoms in total. The van der Waals surface area contributed by atoms with Gasteiger partial charge in [-0.15, -0.1) is 0 Å². The van der Waals surface area contributed by atoms with Gasteiger partial charge in [-0.25, -0.2) is 0 Å². The van der Waals surface area contributed by atoms with Gasteiger partial charge in [0.15, 0.2) is 0 Å². The number of carboxylic acids is 1. The molecule has 0 aliphatic carbocycles. The largest absolute Gasteiger partial charge is 0.550 e. The molecule has 2 N–H and O–H groups in total. The molecule has 0 aliphatic rings. The Morgan fingerprint density at radius 1 is 0.783 bits per heavy atom. The average molecular weight is 311 g/mol. The monoisotopic (exact) mass is 311 g/mol. The van der Waals surface area contributed by atoms with Gasteiger partial charge in [-0.05, 0) is 29.7 Å². The van der Waals surface area contributed by atoms with Crippen molar-refractivity contribution < 1.29 is 19.5 Å². The van der Waals surface area contributed by atoms with Crippen LogP contribution in [0.15, 0.2) is 54.6 Å². The number of hydrazine groups is 1. The number of amides is 2. The van der Waals surface area contributed by atoms with E-state index in [2.05, 4.69) is 10.9 Å². The van der Waals surface area contributed by atoms with E-state index >= 15 is 0 Å². The minimum atomic E-state index is -1.32. The fourth-order valence-electron chi connectivity index (χ4n) is 1.92. The summed E-state index contributed by atoms with van der Waals surface area (Å²) < 4.78 is 0. The lowest BCUT2D eigenvalue weighted by Crippen LogP contribution is -2.42. The number of hydrogen-bond acceptors (Lipinski definition) is 4. The van der Waals surface area contributed by atoms with Gasteiger partial charge in [0.05, 0.1) is 0 Å². The first-order valence-electron chi connectivity index (χ1n) is 7.01. The van der Waals surface area contributed by atoms with E-state index in [9.17, 15) is 19.5 Å². The molecule has 0 bridgehead atoms. The summed E-state index contributed by atoms with van der Waals surface area (Å²) in [6, 6.07) is 16.6. The van der Waals surface area contributed by atoms with Gasteiger partial charge in [0.25, 0.3) is 5.91 Å². The Hall–Kier alpha value is -3.15. The zero-order valence-corrected chi connectivity index (χ0v) is 12.2. The van der Waals surface area contributed by atoms with Crippen LogP contribution in [0.1, 0.15) is 23.2 Å². The number of aliphatic carboxylic acids is 1. The lowest BCUT2D eigenvalue weighted by Gasteiger charge is -2.08. The zero-order valence-electron chi connectivity index (χ0n) is 12.2. The highest BCUT2D eigenvalue weighted by Crippen LogP contribution is 2.19. The van der Waals surface area contributed by atoms with Crippen molar-refractivity contribution in [3.8, 4) is 11.1 Å². The summed E-state index contributed by atoms with van der Waals surface area (Å²) in [5.41, 5.74) is 6.77. The Kier molecular flexibility index (Phi) is 5.46. The fourth-order valence-corrected chi connectivity index (χ4v) is 1.92. The molecule has 0 saturated carbocycles. The maximum Gasteiger partial charge on any atom is 0.269 e. The van der Waals surface area contributed by atoms with Crippen LogP contribution in [0.25, 0.3) is 11.1 Å². The lowest BCUT2D eigenvalue weighted by atomic mass is 10.0. The molecule has 0 atom stereocenters. The van der Waals surface area contributed by atoms with E-state index in [0.717, 1.165) is 11.1 Å². The predicted molar refractivity (Wildman–Crippen MR) is 81.7 cm³/mol. The summed E-state index contributed by atoms with van der Waals surface area (Å²) in [6.45, 7) is 0. The standard InChI is InChI=1S/C17H16N2O4/c20-15(10-11-16(21)22)18-19-17(23)14-8-6-13(7-9-14)12-4-2-1-3-5-12/h1-9H,10-11H2,(H,18,20)(H,19,23)(H,21,22)/p-1. The first-order valence-corrected chi connectivity index (χ1v) is 7.01. The highest BCUT2D eigenvalue weighted by atomic mass is 16.4. The third kappa shape index (κ3) is 4.96. The van der Waals surface area contributed by atoms with E-state index < -0.39 is 24.2 Å². The molecule has 0 saturated heterocycles. The van der Waals surface area contributed by atoms with E-state index in [-0.39, 0.29) is 6.42 Å². The van der Waals surface area contributed by atoms with Crippen molar-refractivity contribution in [2.45, 2.75) is 12.8 Å². The second-order valence-electron chi connectivity index (χ2n) is 4.82. The molecule has 0 unspecified atom stereocenters. The normalized spacial score (nSPS) is 9.91. The second-order valence-corrected chi connectivity index (χ2v) is 4.82. The first kappa shape index (κ1) is 16.2. The SMILES string of the molecule is O=C([O-])CCC(=O)NNC(=O)c1ccc(-c2ccccc2)cc1. The van der Waals surface area contributed by atoms with Crippen LogP contribution in [-0.2, 0) is 9.59 Å². The minimum Gasteiger partial charge on any atom is -0.550 e. The van der Waals surface area contributed by atoms with Gasteiger partial charge >= 0.3 is 0 Å². The molecule has 0 fully saturated rings. The van der Waals surface area contributed by atoms with Gasteiger partial charge in [-0.2, -0.15) is 0 Å². The quantitative estimate of drug-likeness (QED) is 0.792. The zero-order chi connectivity index (χ0) is 16.7. The van der Waals surface area contributed by atoms with Crippen LogP contribution in [0, 0.1) is 0 Å². The smallest absolute Gasteiger partial charge is 0.269 e. The van der Waals surface area contributed by atoms with Crippen LogP contribution in [-0.4, -0.2) is 17.8 Å². The van der Waals surface area contributed by atoms with Gasteiger partial charge in [0, 0.05) is 18.0 Å². The van der Waals surface area contributed by atoms with E-state index in [1.54, 1.807) is 12.1 Å². The van der Waals surface area contributed by atoms with Gasteiger partial charge in [0.1, 0.15) is 0 Å². The van der Waals surface area contributed by atoms with Crippen LogP contribution in [0.4, 0.5) is 0 Å². The summed E-state index contributed by atoms with van der Waals surface area (Å²) in [7, 11) is 0. The van der Waals surface area contributed by atoms with E-state index in [1.807, 2.05) is 42.5 Å². The Morgan fingerprint density at radius 3 is 2.00 bits per heavy atom. The Morgan fingerprint density at radius 2 is 1.39 bits per heavy atom. The van der Waals surface area contributed by atoms with Gasteiger partial charge in [0.2, 0.25) is 5.91 Å². The van der Waals surface area contributed by atoms with Crippen LogP contribution in [0.3, 0.4) is 0 Å². The van der Waals surface area contributed by atoms with Crippen molar-refractivity contribution in [1.82, 2.24) is 10.9 Å². The molecule has 0 aliphatic heterocycles. The van der Waals surface area contributed by atoms with Crippen molar-refractivity contribution in [3.05, 3.63) is 60.2 Å². The van der Waals surface area contributed by atoms with Gasteiger partial charge < -0.3 is 9.90 Å². The maximum absolute atomic E-state index is 11.9. The summed E-state index contributed by atoms with van der Waals surface area (Å²) in [6.07, 6.45) is -0.650. The molecule has 118 valence electrons. The lowest BCUT2D eigenvalue weighted by molar-refractivity contribution is -0.305. The second kappa shape index (κ2) is 7.74. The van der Waals surface area contributed by atoms with Crippen LogP contribution in [0.2, 0.25) is 0 Å². The molecule has 2 amide bonds. The van der Waals surface area contributed by atoms with Crippen molar-refractivity contribution in [3.63, 3.8) is 0 Å². The van der Waals surface area contributed by atoms with Crippen molar-refractivity contribution >= 4 is 17.8 Å².